The van der Waals surface area contributed by atoms with Crippen LogP contribution in [0.3, 0.4) is 0 Å². The molecule has 1 N–H and O–H groups in total. The molecule has 2 atom stereocenters. The van der Waals surface area contributed by atoms with Crippen LogP contribution < -0.4 is 5.32 Å². The molecule has 1 aliphatic rings. The molecule has 0 aromatic heterocycles. The molecule has 94 valence electrons. The van der Waals surface area contributed by atoms with Crippen LogP contribution in [0.25, 0.3) is 0 Å². The van der Waals surface area contributed by atoms with Gasteiger partial charge in [0.15, 0.2) is 0 Å². The topological polar surface area (TPSA) is 21.3 Å². The average molecular weight is 366 g/mol. The van der Waals surface area contributed by atoms with E-state index in [1.165, 1.54) is 12.0 Å². The van der Waals surface area contributed by atoms with Crippen LogP contribution in [0.1, 0.15) is 24.4 Å². The normalized spacial score (nSPS) is 22.4. The van der Waals surface area contributed by atoms with E-state index in [9.17, 15) is 0 Å². The van der Waals surface area contributed by atoms with Gasteiger partial charge in [-0.05, 0) is 60.2 Å². The van der Waals surface area contributed by atoms with E-state index in [2.05, 4.69) is 46.1 Å². The summed E-state index contributed by atoms with van der Waals surface area (Å²) >= 11 is 8.44. The predicted octanol–water partition coefficient (Wildman–Crippen LogP) is 3.63. The Morgan fingerprint density at radius 2 is 2.35 bits per heavy atom. The number of hydrogen-bond acceptors (Lipinski definition) is 2. The Kier molecular flexibility index (Phi) is 5.09. The predicted molar refractivity (Wildman–Crippen MR) is 79.5 cm³/mol. The second kappa shape index (κ2) is 6.36. The molecule has 1 heterocycles. The summed E-state index contributed by atoms with van der Waals surface area (Å²) in [6.45, 7) is 1.75. The Morgan fingerprint density at radius 1 is 1.53 bits per heavy atom. The third kappa shape index (κ3) is 3.34. The fraction of sp³-hybridized carbons (Fsp3) is 0.538. The summed E-state index contributed by atoms with van der Waals surface area (Å²) in [4.78, 5) is 0. The van der Waals surface area contributed by atoms with Crippen molar-refractivity contribution in [3.05, 3.63) is 32.4 Å². The Morgan fingerprint density at radius 3 is 2.94 bits per heavy atom. The number of rotatable bonds is 3. The lowest BCUT2D eigenvalue weighted by molar-refractivity contribution is 0.0402. The first-order valence-electron chi connectivity index (χ1n) is 5.92. The fourth-order valence-corrected chi connectivity index (χ4v) is 2.93. The molecule has 0 radical (unpaired) electrons. The Hall–Kier alpha value is 0.160. The van der Waals surface area contributed by atoms with Crippen molar-refractivity contribution in [2.45, 2.75) is 18.9 Å². The van der Waals surface area contributed by atoms with Crippen molar-refractivity contribution in [2.24, 2.45) is 5.92 Å². The summed E-state index contributed by atoms with van der Waals surface area (Å²) in [5, 5.41) is 4.23. The Labute approximate surface area is 121 Å². The molecule has 1 aromatic carbocycles. The molecule has 0 spiro atoms. The van der Waals surface area contributed by atoms with Gasteiger partial charge in [-0.1, -0.05) is 17.7 Å². The molecule has 1 fully saturated rings. The highest BCUT2D eigenvalue weighted by molar-refractivity contribution is 14.1. The number of ether oxygens (including phenoxy) is 1. The zero-order chi connectivity index (χ0) is 12.3. The summed E-state index contributed by atoms with van der Waals surface area (Å²) in [5.74, 6) is 0.546. The lowest BCUT2D eigenvalue weighted by atomic mass is 9.89. The highest BCUT2D eigenvalue weighted by Gasteiger charge is 2.24. The number of hydrogen-bond donors (Lipinski definition) is 1. The standard InChI is InChI=1S/C13H17ClINO/c1-16-13(10-3-2-6-17-8-10)9-4-5-12(15)11(14)7-9/h4-5,7,10,13,16H,2-3,6,8H2,1H3. The second-order valence-electron chi connectivity index (χ2n) is 4.42. The third-order valence-corrected chi connectivity index (χ3v) is 4.85. The number of halogens is 2. The maximum absolute atomic E-state index is 6.19. The molecule has 1 saturated heterocycles. The van der Waals surface area contributed by atoms with Gasteiger partial charge in [0.05, 0.1) is 11.6 Å². The summed E-state index contributed by atoms with van der Waals surface area (Å²) in [5.41, 5.74) is 1.26. The molecule has 1 aromatic rings. The van der Waals surface area contributed by atoms with Crippen LogP contribution in [-0.2, 0) is 4.74 Å². The van der Waals surface area contributed by atoms with Crippen LogP contribution in [-0.4, -0.2) is 20.3 Å². The smallest absolute Gasteiger partial charge is 0.0542 e. The first-order chi connectivity index (χ1) is 8.22. The SMILES string of the molecule is CNC(c1ccc(I)c(Cl)c1)C1CCCOC1. The number of nitrogens with one attached hydrogen (secondary N) is 1. The highest BCUT2D eigenvalue weighted by atomic mass is 127. The molecule has 0 amide bonds. The summed E-state index contributed by atoms with van der Waals surface area (Å²) in [6, 6.07) is 6.64. The van der Waals surface area contributed by atoms with E-state index in [1.807, 2.05) is 7.05 Å². The van der Waals surface area contributed by atoms with E-state index in [4.69, 9.17) is 16.3 Å². The monoisotopic (exact) mass is 365 g/mol. The Bertz CT molecular complexity index is 380. The highest BCUT2D eigenvalue weighted by Crippen LogP contribution is 2.31. The number of benzene rings is 1. The van der Waals surface area contributed by atoms with Crippen LogP contribution in [0.4, 0.5) is 0 Å². The van der Waals surface area contributed by atoms with Crippen molar-refractivity contribution in [1.82, 2.24) is 5.32 Å². The molecular formula is C13H17ClINO. The van der Waals surface area contributed by atoms with E-state index < -0.39 is 0 Å². The van der Waals surface area contributed by atoms with Gasteiger partial charge in [0.1, 0.15) is 0 Å². The fourth-order valence-electron chi connectivity index (χ4n) is 2.41. The van der Waals surface area contributed by atoms with Gasteiger partial charge in [-0.25, -0.2) is 0 Å². The quantitative estimate of drug-likeness (QED) is 0.826. The van der Waals surface area contributed by atoms with Gasteiger partial charge in [0.25, 0.3) is 0 Å². The van der Waals surface area contributed by atoms with Crippen LogP contribution in [0.5, 0.6) is 0 Å². The van der Waals surface area contributed by atoms with Crippen molar-refractivity contribution >= 4 is 34.2 Å². The molecule has 1 aliphatic heterocycles. The maximum atomic E-state index is 6.19. The maximum Gasteiger partial charge on any atom is 0.0542 e. The minimum Gasteiger partial charge on any atom is -0.381 e. The zero-order valence-corrected chi connectivity index (χ0v) is 12.8. The minimum atomic E-state index is 0.338. The van der Waals surface area contributed by atoms with Crippen molar-refractivity contribution in [1.29, 1.82) is 0 Å². The molecular weight excluding hydrogens is 349 g/mol. The van der Waals surface area contributed by atoms with Crippen LogP contribution in [0.2, 0.25) is 5.02 Å². The van der Waals surface area contributed by atoms with Crippen molar-refractivity contribution in [3.8, 4) is 0 Å². The molecule has 2 rings (SSSR count). The van der Waals surface area contributed by atoms with E-state index in [0.29, 0.717) is 12.0 Å². The van der Waals surface area contributed by atoms with Gasteiger partial charge in [-0.2, -0.15) is 0 Å². The lowest BCUT2D eigenvalue weighted by Gasteiger charge is -2.30. The minimum absolute atomic E-state index is 0.338. The summed E-state index contributed by atoms with van der Waals surface area (Å²) < 4.78 is 6.67. The van der Waals surface area contributed by atoms with E-state index in [0.717, 1.165) is 28.2 Å². The first-order valence-corrected chi connectivity index (χ1v) is 7.38. The van der Waals surface area contributed by atoms with Crippen LogP contribution in [0, 0.1) is 9.49 Å². The van der Waals surface area contributed by atoms with Crippen LogP contribution >= 0.6 is 34.2 Å². The van der Waals surface area contributed by atoms with E-state index >= 15 is 0 Å². The van der Waals surface area contributed by atoms with Gasteiger partial charge < -0.3 is 10.1 Å². The van der Waals surface area contributed by atoms with Gasteiger partial charge in [0.2, 0.25) is 0 Å². The van der Waals surface area contributed by atoms with Crippen molar-refractivity contribution < 1.29 is 4.74 Å². The molecule has 4 heteroatoms. The summed E-state index contributed by atoms with van der Waals surface area (Å²) in [7, 11) is 2.01. The first kappa shape index (κ1) is 13.6. The van der Waals surface area contributed by atoms with Gasteiger partial charge in [-0.15, -0.1) is 0 Å². The molecule has 0 bridgehead atoms. The third-order valence-electron chi connectivity index (χ3n) is 3.28. The largest absolute Gasteiger partial charge is 0.381 e. The van der Waals surface area contributed by atoms with E-state index in [-0.39, 0.29) is 0 Å². The molecule has 17 heavy (non-hydrogen) atoms. The van der Waals surface area contributed by atoms with Gasteiger partial charge >= 0.3 is 0 Å². The van der Waals surface area contributed by atoms with E-state index in [1.54, 1.807) is 0 Å². The molecule has 2 nitrogen and oxygen atoms in total. The van der Waals surface area contributed by atoms with Crippen molar-refractivity contribution in [2.75, 3.05) is 20.3 Å². The lowest BCUT2D eigenvalue weighted by Crippen LogP contribution is -2.31. The van der Waals surface area contributed by atoms with Crippen molar-refractivity contribution in [3.63, 3.8) is 0 Å². The van der Waals surface area contributed by atoms with Gasteiger partial charge in [0, 0.05) is 22.1 Å². The second-order valence-corrected chi connectivity index (χ2v) is 5.99. The molecule has 0 aliphatic carbocycles. The zero-order valence-electron chi connectivity index (χ0n) is 9.88. The average Bonchev–Trinajstić information content (AvgIpc) is 2.36. The van der Waals surface area contributed by atoms with Gasteiger partial charge in [-0.3, -0.25) is 0 Å². The molecule has 0 saturated carbocycles. The van der Waals surface area contributed by atoms with Crippen LogP contribution in [0.15, 0.2) is 18.2 Å². The summed E-state index contributed by atoms with van der Waals surface area (Å²) in [6.07, 6.45) is 2.37. The molecule has 2 unspecified atom stereocenters. The Balaban J connectivity index is 2.18.